The molecule has 0 saturated carbocycles. The number of nitrogens with zero attached hydrogens (tertiary/aromatic N) is 2. The van der Waals surface area contributed by atoms with Gasteiger partial charge < -0.3 is 0 Å². The van der Waals surface area contributed by atoms with Gasteiger partial charge >= 0.3 is 0 Å². The van der Waals surface area contributed by atoms with Crippen molar-refractivity contribution in [3.05, 3.63) is 59.4 Å². The van der Waals surface area contributed by atoms with Gasteiger partial charge in [-0.25, -0.2) is 8.42 Å². The molecule has 1 atom stereocenters. The maximum Gasteiger partial charge on any atom is 0.243 e. The molecule has 1 aromatic heterocycles. The van der Waals surface area contributed by atoms with Crippen molar-refractivity contribution >= 4 is 10.0 Å². The van der Waals surface area contributed by atoms with E-state index in [2.05, 4.69) is 4.98 Å². The molecule has 0 unspecified atom stereocenters. The summed E-state index contributed by atoms with van der Waals surface area (Å²) in [6.45, 7) is 4.51. The van der Waals surface area contributed by atoms with Crippen LogP contribution in [0.4, 0.5) is 0 Å². The molecule has 1 saturated heterocycles. The van der Waals surface area contributed by atoms with Crippen LogP contribution < -0.4 is 0 Å². The van der Waals surface area contributed by atoms with Crippen molar-refractivity contribution in [2.45, 2.75) is 44.0 Å². The van der Waals surface area contributed by atoms with Crippen LogP contribution in [0.15, 0.2) is 47.6 Å². The average molecular weight is 330 g/mol. The lowest BCUT2D eigenvalue weighted by atomic mass is 9.98. The van der Waals surface area contributed by atoms with Crippen molar-refractivity contribution in [3.63, 3.8) is 0 Å². The fourth-order valence-electron chi connectivity index (χ4n) is 3.13. The molecule has 1 aliphatic rings. The first-order valence-corrected chi connectivity index (χ1v) is 9.42. The molecule has 0 aliphatic carbocycles. The van der Waals surface area contributed by atoms with Crippen molar-refractivity contribution in [1.29, 1.82) is 0 Å². The fraction of sp³-hybridized carbons (Fsp3) is 0.389. The van der Waals surface area contributed by atoms with Crippen LogP contribution in [0.2, 0.25) is 0 Å². The SMILES string of the molecule is Cc1ccc(S(=O)(=O)N2CCCC[C@H]2c2cncc(C)c2)cc1. The molecule has 122 valence electrons. The first-order chi connectivity index (χ1) is 11.0. The van der Waals surface area contributed by atoms with E-state index in [-0.39, 0.29) is 6.04 Å². The van der Waals surface area contributed by atoms with E-state index in [1.54, 1.807) is 28.8 Å². The molecule has 0 N–H and O–H groups in total. The quantitative estimate of drug-likeness (QED) is 0.864. The summed E-state index contributed by atoms with van der Waals surface area (Å²) in [4.78, 5) is 4.61. The standard InChI is InChI=1S/C18H22N2O2S/c1-14-6-8-17(9-7-14)23(21,22)20-10-4-3-5-18(20)16-11-15(2)12-19-13-16/h6-9,11-13,18H,3-5,10H2,1-2H3/t18-/m0/s1. The maximum atomic E-state index is 13.1. The Morgan fingerprint density at radius 2 is 1.78 bits per heavy atom. The number of pyridine rings is 1. The van der Waals surface area contributed by atoms with E-state index in [9.17, 15) is 8.42 Å². The highest BCUT2D eigenvalue weighted by atomic mass is 32.2. The number of benzene rings is 1. The van der Waals surface area contributed by atoms with Gasteiger partial charge in [-0.05, 0) is 49.9 Å². The number of aryl methyl sites for hydroxylation is 2. The molecule has 0 amide bonds. The van der Waals surface area contributed by atoms with Gasteiger partial charge in [0.2, 0.25) is 10.0 Å². The summed E-state index contributed by atoms with van der Waals surface area (Å²) in [6, 6.07) is 9.01. The van der Waals surface area contributed by atoms with Gasteiger partial charge in [0.15, 0.2) is 0 Å². The predicted octanol–water partition coefficient (Wildman–Crippen LogP) is 3.61. The van der Waals surface area contributed by atoms with E-state index in [0.29, 0.717) is 11.4 Å². The lowest BCUT2D eigenvalue weighted by molar-refractivity contribution is 0.255. The highest BCUT2D eigenvalue weighted by Gasteiger charge is 2.34. The topological polar surface area (TPSA) is 50.3 Å². The lowest BCUT2D eigenvalue weighted by Crippen LogP contribution is -2.38. The van der Waals surface area contributed by atoms with Crippen molar-refractivity contribution in [3.8, 4) is 0 Å². The number of aromatic nitrogens is 1. The highest BCUT2D eigenvalue weighted by molar-refractivity contribution is 7.89. The second-order valence-corrected chi connectivity index (χ2v) is 8.13. The Kier molecular flexibility index (Phi) is 4.50. The van der Waals surface area contributed by atoms with Gasteiger partial charge in [0.05, 0.1) is 10.9 Å². The van der Waals surface area contributed by atoms with E-state index in [0.717, 1.165) is 36.0 Å². The van der Waals surface area contributed by atoms with Crippen molar-refractivity contribution in [2.75, 3.05) is 6.54 Å². The molecule has 23 heavy (non-hydrogen) atoms. The van der Waals surface area contributed by atoms with Gasteiger partial charge in [0.25, 0.3) is 0 Å². The molecule has 0 spiro atoms. The van der Waals surface area contributed by atoms with Crippen molar-refractivity contribution in [2.24, 2.45) is 0 Å². The van der Waals surface area contributed by atoms with Crippen LogP contribution in [0.1, 0.15) is 42.0 Å². The minimum atomic E-state index is -3.48. The zero-order valence-electron chi connectivity index (χ0n) is 13.6. The summed E-state index contributed by atoms with van der Waals surface area (Å²) in [6.07, 6.45) is 6.38. The monoisotopic (exact) mass is 330 g/mol. The second-order valence-electron chi connectivity index (χ2n) is 6.24. The Labute approximate surface area is 138 Å². The molecule has 3 rings (SSSR count). The average Bonchev–Trinajstić information content (AvgIpc) is 2.55. The third-order valence-corrected chi connectivity index (χ3v) is 6.28. The van der Waals surface area contributed by atoms with Gasteiger partial charge in [0, 0.05) is 18.9 Å². The van der Waals surface area contributed by atoms with E-state index in [1.807, 2.05) is 32.0 Å². The Bertz CT molecular complexity index is 785. The summed E-state index contributed by atoms with van der Waals surface area (Å²) in [5, 5.41) is 0. The molecule has 1 fully saturated rings. The summed E-state index contributed by atoms with van der Waals surface area (Å²) in [5.74, 6) is 0. The van der Waals surface area contributed by atoms with Crippen LogP contribution in [0, 0.1) is 13.8 Å². The Morgan fingerprint density at radius 1 is 1.04 bits per heavy atom. The van der Waals surface area contributed by atoms with E-state index in [4.69, 9.17) is 0 Å². The van der Waals surface area contributed by atoms with Gasteiger partial charge in [0.1, 0.15) is 0 Å². The smallest absolute Gasteiger partial charge is 0.243 e. The molecule has 0 radical (unpaired) electrons. The third-order valence-electron chi connectivity index (χ3n) is 4.36. The number of hydrogen-bond acceptors (Lipinski definition) is 3. The minimum absolute atomic E-state index is 0.123. The summed E-state index contributed by atoms with van der Waals surface area (Å²) in [5.41, 5.74) is 3.10. The molecular formula is C18H22N2O2S. The molecule has 0 bridgehead atoms. The number of sulfonamides is 1. The van der Waals surface area contributed by atoms with Crippen LogP contribution in [0.3, 0.4) is 0 Å². The summed E-state index contributed by atoms with van der Waals surface area (Å²) in [7, 11) is -3.48. The predicted molar refractivity (Wildman–Crippen MR) is 90.6 cm³/mol. The molecule has 5 heteroatoms. The van der Waals surface area contributed by atoms with Gasteiger partial charge in [-0.2, -0.15) is 4.31 Å². The first kappa shape index (κ1) is 16.1. The van der Waals surface area contributed by atoms with Crippen molar-refractivity contribution in [1.82, 2.24) is 9.29 Å². The van der Waals surface area contributed by atoms with Crippen LogP contribution in [-0.4, -0.2) is 24.3 Å². The van der Waals surface area contributed by atoms with E-state index in [1.165, 1.54) is 0 Å². The van der Waals surface area contributed by atoms with E-state index >= 15 is 0 Å². The van der Waals surface area contributed by atoms with Crippen LogP contribution in [-0.2, 0) is 10.0 Å². The minimum Gasteiger partial charge on any atom is -0.264 e. The molecule has 2 aromatic rings. The molecule has 1 aromatic carbocycles. The molecule has 4 nitrogen and oxygen atoms in total. The first-order valence-electron chi connectivity index (χ1n) is 7.98. The van der Waals surface area contributed by atoms with Crippen LogP contribution >= 0.6 is 0 Å². The Balaban J connectivity index is 1.99. The number of piperidine rings is 1. The normalized spacial score (nSPS) is 19.7. The lowest BCUT2D eigenvalue weighted by Gasteiger charge is -2.35. The Hall–Kier alpha value is -1.72. The molecule has 1 aliphatic heterocycles. The summed E-state index contributed by atoms with van der Waals surface area (Å²) >= 11 is 0. The Morgan fingerprint density at radius 3 is 2.48 bits per heavy atom. The van der Waals surface area contributed by atoms with E-state index < -0.39 is 10.0 Å². The number of rotatable bonds is 3. The molecular weight excluding hydrogens is 308 g/mol. The van der Waals surface area contributed by atoms with Gasteiger partial charge in [-0.1, -0.05) is 30.2 Å². The fourth-order valence-corrected chi connectivity index (χ4v) is 4.81. The maximum absolute atomic E-state index is 13.1. The summed E-state index contributed by atoms with van der Waals surface area (Å²) < 4.78 is 27.8. The van der Waals surface area contributed by atoms with Crippen LogP contribution in [0.25, 0.3) is 0 Å². The van der Waals surface area contributed by atoms with Crippen LogP contribution in [0.5, 0.6) is 0 Å². The zero-order chi connectivity index (χ0) is 16.4. The van der Waals surface area contributed by atoms with Gasteiger partial charge in [-0.15, -0.1) is 0 Å². The zero-order valence-corrected chi connectivity index (χ0v) is 14.4. The number of hydrogen-bond donors (Lipinski definition) is 0. The third kappa shape index (κ3) is 3.31. The van der Waals surface area contributed by atoms with Gasteiger partial charge in [-0.3, -0.25) is 4.98 Å². The van der Waals surface area contributed by atoms with Crippen molar-refractivity contribution < 1.29 is 8.42 Å². The largest absolute Gasteiger partial charge is 0.264 e. The molecule has 2 heterocycles. The second kappa shape index (κ2) is 6.42. The highest BCUT2D eigenvalue weighted by Crippen LogP contribution is 2.35.